The third-order valence-corrected chi connectivity index (χ3v) is 4.57. The third-order valence-electron chi connectivity index (χ3n) is 4.57. The summed E-state index contributed by atoms with van der Waals surface area (Å²) in [6, 6.07) is 13.7. The number of nitrogens with one attached hydrogen (secondary N) is 2. The van der Waals surface area contributed by atoms with Crippen LogP contribution in [0.4, 0.5) is 5.69 Å². The summed E-state index contributed by atoms with van der Waals surface area (Å²) < 4.78 is 11.1. The van der Waals surface area contributed by atoms with Gasteiger partial charge in [0.15, 0.2) is 0 Å². The van der Waals surface area contributed by atoms with Gasteiger partial charge >= 0.3 is 0 Å². The van der Waals surface area contributed by atoms with Gasteiger partial charge in [0, 0.05) is 24.6 Å². The highest BCUT2D eigenvalue weighted by Crippen LogP contribution is 2.30. The van der Waals surface area contributed by atoms with Gasteiger partial charge in [0.1, 0.15) is 18.2 Å². The molecule has 0 saturated heterocycles. The van der Waals surface area contributed by atoms with E-state index in [2.05, 4.69) is 21.4 Å². The Morgan fingerprint density at radius 3 is 2.74 bits per heavy atom. The fourth-order valence-electron chi connectivity index (χ4n) is 2.97. The molecular formula is C23H25N5O3. The largest absolute Gasteiger partial charge is 0.489 e. The van der Waals surface area contributed by atoms with Crippen molar-refractivity contribution in [3.05, 3.63) is 66.0 Å². The SMILES string of the molecule is CCOCCOc1ccc(-c2ncc[nH]2)cc1NC(=O)[C@@H](N)Cc1ccc(C#N)cc1. The highest BCUT2D eigenvalue weighted by Gasteiger charge is 2.17. The molecule has 8 nitrogen and oxygen atoms in total. The summed E-state index contributed by atoms with van der Waals surface area (Å²) in [5, 5.41) is 11.8. The molecule has 1 aromatic heterocycles. The molecule has 0 spiro atoms. The minimum absolute atomic E-state index is 0.337. The fourth-order valence-corrected chi connectivity index (χ4v) is 2.97. The maximum atomic E-state index is 12.8. The second-order valence-corrected chi connectivity index (χ2v) is 6.80. The van der Waals surface area contributed by atoms with E-state index in [4.69, 9.17) is 20.5 Å². The number of anilines is 1. The summed E-state index contributed by atoms with van der Waals surface area (Å²) in [4.78, 5) is 20.1. The van der Waals surface area contributed by atoms with Crippen molar-refractivity contribution in [2.45, 2.75) is 19.4 Å². The summed E-state index contributed by atoms with van der Waals surface area (Å²) in [7, 11) is 0. The normalized spacial score (nSPS) is 11.5. The Labute approximate surface area is 181 Å². The number of nitrogens with two attached hydrogens (primary N) is 1. The Bertz CT molecular complexity index is 1030. The Morgan fingerprint density at radius 1 is 1.26 bits per heavy atom. The zero-order valence-electron chi connectivity index (χ0n) is 17.3. The van der Waals surface area contributed by atoms with Crippen LogP contribution in [0.25, 0.3) is 11.4 Å². The number of carbonyl (C=O) groups excluding carboxylic acids is 1. The van der Waals surface area contributed by atoms with Crippen molar-refractivity contribution in [1.29, 1.82) is 5.26 Å². The maximum absolute atomic E-state index is 12.8. The molecular weight excluding hydrogens is 394 g/mol. The number of hydrogen-bond acceptors (Lipinski definition) is 6. The lowest BCUT2D eigenvalue weighted by molar-refractivity contribution is -0.117. The Morgan fingerprint density at radius 2 is 2.06 bits per heavy atom. The number of H-pyrrole nitrogens is 1. The molecule has 31 heavy (non-hydrogen) atoms. The minimum Gasteiger partial charge on any atom is -0.489 e. The van der Waals surface area contributed by atoms with Gasteiger partial charge in [-0.05, 0) is 49.2 Å². The van der Waals surface area contributed by atoms with Crippen molar-refractivity contribution in [3.63, 3.8) is 0 Å². The molecule has 1 heterocycles. The zero-order valence-corrected chi connectivity index (χ0v) is 17.3. The summed E-state index contributed by atoms with van der Waals surface area (Å²) in [6.45, 7) is 3.32. The number of aromatic nitrogens is 2. The van der Waals surface area contributed by atoms with Gasteiger partial charge in [0.2, 0.25) is 5.91 Å². The molecule has 0 radical (unpaired) electrons. The van der Waals surface area contributed by atoms with Crippen LogP contribution in [-0.2, 0) is 16.0 Å². The number of aromatic amines is 1. The van der Waals surface area contributed by atoms with E-state index in [-0.39, 0.29) is 5.91 Å². The van der Waals surface area contributed by atoms with Crippen molar-refractivity contribution >= 4 is 11.6 Å². The number of ether oxygens (including phenoxy) is 2. The first kappa shape index (κ1) is 22.0. The van der Waals surface area contributed by atoms with Crippen LogP contribution in [0, 0.1) is 11.3 Å². The Kier molecular flexibility index (Phi) is 7.76. The molecule has 3 rings (SSSR count). The lowest BCUT2D eigenvalue weighted by Crippen LogP contribution is -2.37. The average molecular weight is 419 g/mol. The minimum atomic E-state index is -0.767. The molecule has 4 N–H and O–H groups in total. The number of benzene rings is 2. The van der Waals surface area contributed by atoms with E-state index in [1.165, 1.54) is 0 Å². The zero-order chi connectivity index (χ0) is 22.1. The smallest absolute Gasteiger partial charge is 0.241 e. The molecule has 8 heteroatoms. The van der Waals surface area contributed by atoms with Crippen LogP contribution in [-0.4, -0.2) is 41.7 Å². The molecule has 0 aliphatic heterocycles. The highest BCUT2D eigenvalue weighted by atomic mass is 16.5. The van der Waals surface area contributed by atoms with Crippen LogP contribution in [0.1, 0.15) is 18.1 Å². The van der Waals surface area contributed by atoms with E-state index < -0.39 is 6.04 Å². The summed E-state index contributed by atoms with van der Waals surface area (Å²) in [6.07, 6.45) is 3.73. The fraction of sp³-hybridized carbons (Fsp3) is 0.261. The molecule has 3 aromatic rings. The van der Waals surface area contributed by atoms with Gasteiger partial charge in [-0.15, -0.1) is 0 Å². The topological polar surface area (TPSA) is 126 Å². The van der Waals surface area contributed by atoms with Crippen LogP contribution in [0.15, 0.2) is 54.9 Å². The van der Waals surface area contributed by atoms with Gasteiger partial charge in [0.05, 0.1) is 30.0 Å². The number of nitriles is 1. The highest BCUT2D eigenvalue weighted by molar-refractivity contribution is 5.96. The van der Waals surface area contributed by atoms with Gasteiger partial charge < -0.3 is 25.5 Å². The Hall–Kier alpha value is -3.67. The molecule has 0 bridgehead atoms. The van der Waals surface area contributed by atoms with Crippen molar-refractivity contribution in [2.75, 3.05) is 25.1 Å². The van der Waals surface area contributed by atoms with Gasteiger partial charge in [-0.25, -0.2) is 4.98 Å². The van der Waals surface area contributed by atoms with Crippen molar-refractivity contribution in [2.24, 2.45) is 5.73 Å². The van der Waals surface area contributed by atoms with Crippen LogP contribution in [0.3, 0.4) is 0 Å². The van der Waals surface area contributed by atoms with Gasteiger partial charge in [-0.3, -0.25) is 4.79 Å². The standard InChI is InChI=1S/C23H25N5O3/c1-2-30-11-12-31-21-8-7-18(22-26-9-10-27-22)14-20(21)28-23(29)19(25)13-16-3-5-17(15-24)6-4-16/h3-10,14,19H,2,11-13,25H2,1H3,(H,26,27)(H,28,29)/t19-/m0/s1. The lowest BCUT2D eigenvalue weighted by atomic mass is 10.0. The second kappa shape index (κ2) is 10.9. The summed E-state index contributed by atoms with van der Waals surface area (Å²) in [5.74, 6) is 0.864. The maximum Gasteiger partial charge on any atom is 0.241 e. The molecule has 0 fully saturated rings. The molecule has 2 aromatic carbocycles. The summed E-state index contributed by atoms with van der Waals surface area (Å²) in [5.41, 5.74) is 8.88. The first-order valence-electron chi connectivity index (χ1n) is 10.0. The molecule has 0 unspecified atom stereocenters. The number of imidazole rings is 1. The monoisotopic (exact) mass is 419 g/mol. The van der Waals surface area contributed by atoms with Crippen molar-refractivity contribution in [1.82, 2.24) is 9.97 Å². The average Bonchev–Trinajstić information content (AvgIpc) is 3.33. The quantitative estimate of drug-likeness (QED) is 0.434. The predicted molar refractivity (Wildman–Crippen MR) is 117 cm³/mol. The van der Waals surface area contributed by atoms with E-state index in [1.807, 2.05) is 13.0 Å². The number of amides is 1. The number of rotatable bonds is 10. The molecule has 1 amide bonds. The first-order valence-corrected chi connectivity index (χ1v) is 10.0. The lowest BCUT2D eigenvalue weighted by Gasteiger charge is -2.16. The molecule has 0 saturated carbocycles. The number of nitrogens with zero attached hydrogens (tertiary/aromatic N) is 2. The number of hydrogen-bond donors (Lipinski definition) is 3. The van der Waals surface area contributed by atoms with Crippen LogP contribution < -0.4 is 15.8 Å². The van der Waals surface area contributed by atoms with E-state index in [1.54, 1.807) is 48.8 Å². The molecule has 0 aliphatic rings. The van der Waals surface area contributed by atoms with Crippen molar-refractivity contribution in [3.8, 4) is 23.2 Å². The van der Waals surface area contributed by atoms with Gasteiger partial charge in [0.25, 0.3) is 0 Å². The van der Waals surface area contributed by atoms with Gasteiger partial charge in [-0.2, -0.15) is 5.26 Å². The van der Waals surface area contributed by atoms with Gasteiger partial charge in [-0.1, -0.05) is 12.1 Å². The van der Waals surface area contributed by atoms with E-state index in [0.717, 1.165) is 11.1 Å². The third kappa shape index (κ3) is 6.15. The van der Waals surface area contributed by atoms with Crippen LogP contribution in [0.2, 0.25) is 0 Å². The van der Waals surface area contributed by atoms with E-state index in [0.29, 0.717) is 49.1 Å². The van der Waals surface area contributed by atoms with Crippen LogP contribution in [0.5, 0.6) is 5.75 Å². The Balaban J connectivity index is 1.73. The first-order chi connectivity index (χ1) is 15.1. The number of carbonyl (C=O) groups is 1. The van der Waals surface area contributed by atoms with E-state index >= 15 is 0 Å². The molecule has 0 aliphatic carbocycles. The van der Waals surface area contributed by atoms with Crippen molar-refractivity contribution < 1.29 is 14.3 Å². The molecule has 160 valence electrons. The van der Waals surface area contributed by atoms with Crippen LogP contribution >= 0.6 is 0 Å². The molecule has 1 atom stereocenters. The predicted octanol–water partition coefficient (Wildman–Crippen LogP) is 2.87. The second-order valence-electron chi connectivity index (χ2n) is 6.80. The summed E-state index contributed by atoms with van der Waals surface area (Å²) >= 11 is 0. The van der Waals surface area contributed by atoms with E-state index in [9.17, 15) is 4.79 Å².